The van der Waals surface area contributed by atoms with Crippen LogP contribution in [0.4, 0.5) is 0 Å². The third-order valence-electron chi connectivity index (χ3n) is 4.66. The summed E-state index contributed by atoms with van der Waals surface area (Å²) >= 11 is 14.1. The lowest BCUT2D eigenvalue weighted by Gasteiger charge is -2.12. The minimum absolute atomic E-state index is 0.130. The van der Waals surface area contributed by atoms with E-state index >= 15 is 0 Å². The molecule has 1 aromatic heterocycles. The van der Waals surface area contributed by atoms with Gasteiger partial charge in [-0.25, -0.2) is 5.43 Å². The molecule has 156 valence electrons. The van der Waals surface area contributed by atoms with Gasteiger partial charge in [-0.15, -0.1) is 11.8 Å². The summed E-state index contributed by atoms with van der Waals surface area (Å²) in [4.78, 5) is 12.1. The molecule has 0 atom stereocenters. The molecule has 2 aromatic carbocycles. The van der Waals surface area contributed by atoms with Gasteiger partial charge < -0.3 is 4.57 Å². The number of aromatic nitrogens is 1. The van der Waals surface area contributed by atoms with Crippen molar-refractivity contribution in [2.75, 3.05) is 5.75 Å². The third-order valence-corrected chi connectivity index (χ3v) is 6.47. The lowest BCUT2D eigenvalue weighted by molar-refractivity contribution is -0.118. The molecule has 0 aliphatic heterocycles. The molecule has 30 heavy (non-hydrogen) atoms. The van der Waals surface area contributed by atoms with Gasteiger partial charge in [-0.05, 0) is 44.5 Å². The van der Waals surface area contributed by atoms with Crippen molar-refractivity contribution in [3.63, 3.8) is 0 Å². The standard InChI is InChI=1S/C23H23Cl2N3OS/c1-15-7-9-18(10-8-15)13-30-14-22(29)27-26-12-19-11-16(2)28(17(19)3)21-6-4-5-20(24)23(21)25/h4-12H,13-14H2,1-3H3,(H,27,29)/b26-12-. The second-order valence-corrected chi connectivity index (χ2v) is 8.78. The molecule has 0 saturated carbocycles. The van der Waals surface area contributed by atoms with Crippen LogP contribution in [0.25, 0.3) is 5.69 Å². The largest absolute Gasteiger partial charge is 0.316 e. The highest BCUT2D eigenvalue weighted by atomic mass is 35.5. The number of carbonyl (C=O) groups is 1. The van der Waals surface area contributed by atoms with Crippen LogP contribution in [-0.2, 0) is 10.5 Å². The zero-order chi connectivity index (χ0) is 21.7. The number of hydrogen-bond acceptors (Lipinski definition) is 3. The Kier molecular flexibility index (Phi) is 7.64. The molecular weight excluding hydrogens is 437 g/mol. The molecule has 1 amide bonds. The van der Waals surface area contributed by atoms with Crippen LogP contribution >= 0.6 is 35.0 Å². The van der Waals surface area contributed by atoms with Gasteiger partial charge >= 0.3 is 0 Å². The summed E-state index contributed by atoms with van der Waals surface area (Å²) in [5.41, 5.74) is 8.70. The number of benzene rings is 2. The van der Waals surface area contributed by atoms with Crippen molar-refractivity contribution in [3.8, 4) is 5.69 Å². The fourth-order valence-electron chi connectivity index (χ4n) is 3.11. The predicted molar refractivity (Wildman–Crippen MR) is 128 cm³/mol. The maximum atomic E-state index is 12.1. The van der Waals surface area contributed by atoms with Crippen molar-refractivity contribution >= 4 is 47.1 Å². The summed E-state index contributed by atoms with van der Waals surface area (Å²) in [6.45, 7) is 6.02. The Balaban J connectivity index is 1.59. The van der Waals surface area contributed by atoms with Crippen LogP contribution in [0.5, 0.6) is 0 Å². The number of nitrogens with zero attached hydrogens (tertiary/aromatic N) is 2. The quantitative estimate of drug-likeness (QED) is 0.343. The molecule has 0 fully saturated rings. The molecule has 1 heterocycles. The Hall–Kier alpha value is -2.21. The topological polar surface area (TPSA) is 46.4 Å². The van der Waals surface area contributed by atoms with Crippen LogP contribution in [-0.4, -0.2) is 22.4 Å². The van der Waals surface area contributed by atoms with Crippen LogP contribution in [0.1, 0.15) is 28.1 Å². The molecule has 0 radical (unpaired) electrons. The maximum absolute atomic E-state index is 12.1. The fraction of sp³-hybridized carbons (Fsp3) is 0.217. The van der Waals surface area contributed by atoms with E-state index in [1.807, 2.05) is 36.6 Å². The molecule has 7 heteroatoms. The number of amides is 1. The molecule has 0 spiro atoms. The van der Waals surface area contributed by atoms with Crippen molar-refractivity contribution < 1.29 is 4.79 Å². The number of nitrogens with one attached hydrogen (secondary N) is 1. The van der Waals surface area contributed by atoms with E-state index in [-0.39, 0.29) is 5.91 Å². The molecule has 3 rings (SSSR count). The highest BCUT2D eigenvalue weighted by Crippen LogP contribution is 2.31. The number of thioether (sulfide) groups is 1. The van der Waals surface area contributed by atoms with Gasteiger partial charge in [0.2, 0.25) is 5.91 Å². The molecule has 1 N–H and O–H groups in total. The van der Waals surface area contributed by atoms with Crippen LogP contribution in [0.2, 0.25) is 10.0 Å². The average Bonchev–Trinajstić information content (AvgIpc) is 2.99. The molecule has 4 nitrogen and oxygen atoms in total. The Morgan fingerprint density at radius 2 is 1.87 bits per heavy atom. The highest BCUT2D eigenvalue weighted by molar-refractivity contribution is 7.99. The summed E-state index contributed by atoms with van der Waals surface area (Å²) in [6.07, 6.45) is 1.65. The SMILES string of the molecule is Cc1ccc(CSCC(=O)N/N=C\c2cc(C)n(-c3cccc(Cl)c3Cl)c2C)cc1. The first-order valence-electron chi connectivity index (χ1n) is 9.45. The molecular formula is C23H23Cl2N3OS. The first kappa shape index (κ1) is 22.5. The Bertz CT molecular complexity index is 1070. The first-order chi connectivity index (χ1) is 14.4. The fourth-order valence-corrected chi connectivity index (χ4v) is 4.27. The van der Waals surface area contributed by atoms with Gasteiger partial charge in [0.25, 0.3) is 0 Å². The van der Waals surface area contributed by atoms with E-state index < -0.39 is 0 Å². The van der Waals surface area contributed by atoms with Crippen molar-refractivity contribution in [1.29, 1.82) is 0 Å². The summed E-state index contributed by atoms with van der Waals surface area (Å²) in [5, 5.41) is 5.13. The molecule has 3 aromatic rings. The van der Waals surface area contributed by atoms with E-state index in [1.54, 1.807) is 24.0 Å². The zero-order valence-electron chi connectivity index (χ0n) is 17.1. The Morgan fingerprint density at radius 1 is 1.13 bits per heavy atom. The van der Waals surface area contributed by atoms with Gasteiger partial charge in [0, 0.05) is 22.7 Å². The van der Waals surface area contributed by atoms with Crippen molar-refractivity contribution in [3.05, 3.63) is 86.7 Å². The van der Waals surface area contributed by atoms with E-state index in [1.165, 1.54) is 11.1 Å². The van der Waals surface area contributed by atoms with Crippen LogP contribution in [0.15, 0.2) is 53.6 Å². The van der Waals surface area contributed by atoms with Gasteiger partial charge in [0.1, 0.15) is 0 Å². The van der Waals surface area contributed by atoms with Crippen LogP contribution in [0, 0.1) is 20.8 Å². The van der Waals surface area contributed by atoms with Gasteiger partial charge in [0.15, 0.2) is 0 Å². The Labute approximate surface area is 191 Å². The van der Waals surface area contributed by atoms with E-state index in [2.05, 4.69) is 41.7 Å². The maximum Gasteiger partial charge on any atom is 0.250 e. The van der Waals surface area contributed by atoms with Gasteiger partial charge in [-0.2, -0.15) is 5.10 Å². The van der Waals surface area contributed by atoms with Gasteiger partial charge in [-0.3, -0.25) is 4.79 Å². The molecule has 0 bridgehead atoms. The number of halogens is 2. The lowest BCUT2D eigenvalue weighted by Crippen LogP contribution is -2.19. The molecule has 0 aliphatic carbocycles. The van der Waals surface area contributed by atoms with Gasteiger partial charge in [-0.1, -0.05) is 59.1 Å². The van der Waals surface area contributed by atoms with E-state index in [9.17, 15) is 4.79 Å². The summed E-state index contributed by atoms with van der Waals surface area (Å²) in [7, 11) is 0. The van der Waals surface area contributed by atoms with E-state index in [0.717, 1.165) is 28.4 Å². The number of rotatable bonds is 7. The number of aryl methyl sites for hydroxylation is 2. The summed E-state index contributed by atoms with van der Waals surface area (Å²) in [5.74, 6) is 1.01. The lowest BCUT2D eigenvalue weighted by atomic mass is 10.2. The number of hydrazone groups is 1. The third kappa shape index (κ3) is 5.48. The number of hydrogen-bond donors (Lipinski definition) is 1. The molecule has 0 unspecified atom stereocenters. The second-order valence-electron chi connectivity index (χ2n) is 7.01. The smallest absolute Gasteiger partial charge is 0.250 e. The Morgan fingerprint density at radius 3 is 2.60 bits per heavy atom. The second kappa shape index (κ2) is 10.2. The first-order valence-corrected chi connectivity index (χ1v) is 11.4. The van der Waals surface area contributed by atoms with E-state index in [0.29, 0.717) is 15.8 Å². The normalized spacial score (nSPS) is 11.2. The monoisotopic (exact) mass is 459 g/mol. The zero-order valence-corrected chi connectivity index (χ0v) is 19.4. The van der Waals surface area contributed by atoms with Crippen molar-refractivity contribution in [2.45, 2.75) is 26.5 Å². The minimum Gasteiger partial charge on any atom is -0.316 e. The highest BCUT2D eigenvalue weighted by Gasteiger charge is 2.13. The van der Waals surface area contributed by atoms with Gasteiger partial charge in [0.05, 0.1) is 27.7 Å². The average molecular weight is 460 g/mol. The predicted octanol–water partition coefficient (Wildman–Crippen LogP) is 6.09. The summed E-state index contributed by atoms with van der Waals surface area (Å²) in [6, 6.07) is 15.9. The molecule has 0 aliphatic rings. The van der Waals surface area contributed by atoms with Crippen molar-refractivity contribution in [2.24, 2.45) is 5.10 Å². The van der Waals surface area contributed by atoms with Crippen LogP contribution in [0.3, 0.4) is 0 Å². The number of carbonyl (C=O) groups excluding carboxylic acids is 1. The van der Waals surface area contributed by atoms with E-state index in [4.69, 9.17) is 23.2 Å². The summed E-state index contributed by atoms with van der Waals surface area (Å²) < 4.78 is 2.02. The minimum atomic E-state index is -0.130. The van der Waals surface area contributed by atoms with Crippen molar-refractivity contribution in [1.82, 2.24) is 9.99 Å². The van der Waals surface area contributed by atoms with Crippen LogP contribution < -0.4 is 5.43 Å². The molecule has 0 saturated heterocycles.